The Labute approximate surface area is 252 Å². The van der Waals surface area contributed by atoms with E-state index in [1.165, 1.54) is 17.7 Å². The zero-order chi connectivity index (χ0) is 29.9. The first-order valence-corrected chi connectivity index (χ1v) is 15.6. The van der Waals surface area contributed by atoms with Crippen LogP contribution in [0.1, 0.15) is 62.8 Å². The Morgan fingerprint density at radius 1 is 1.05 bits per heavy atom. The standard InChI is InChI=1S/C33H42FN5O4/c34-27-14-12-26(13-15-27)31-37-30(43-38-31)11-6-10-29(40)35-19-23-39-21-17-33(18-22-39)16-5-1-2-7-25-8-3-4-9-28(25)42-24-20-36-32(33)41/h3-4,8-9,12-15H,1-2,5-7,10-11,16-24H2,(H,35,40)(H,36,41). The number of ether oxygens (including phenoxy) is 1. The van der Waals surface area contributed by atoms with Gasteiger partial charge in [0.15, 0.2) is 0 Å². The molecule has 0 saturated carbocycles. The Kier molecular flexibility index (Phi) is 10.8. The fourth-order valence-corrected chi connectivity index (χ4v) is 6.03. The number of rotatable bonds is 8. The summed E-state index contributed by atoms with van der Waals surface area (Å²) in [5, 5.41) is 10.1. The SMILES string of the molecule is O=C(CCCc1nc(-c2ccc(F)cc2)no1)NCCN1CCC2(CCCCCc3ccccc3OCCNC2=O)CC1. The topological polar surface area (TPSA) is 110 Å². The fourth-order valence-electron chi connectivity index (χ4n) is 6.03. The highest BCUT2D eigenvalue weighted by Crippen LogP contribution is 2.37. The number of nitrogens with one attached hydrogen (secondary N) is 2. The number of nitrogens with zero attached hydrogens (tertiary/aromatic N) is 3. The Hall–Kier alpha value is -3.79. The predicted octanol–water partition coefficient (Wildman–Crippen LogP) is 4.71. The van der Waals surface area contributed by atoms with Gasteiger partial charge >= 0.3 is 0 Å². The van der Waals surface area contributed by atoms with Gasteiger partial charge in [-0.1, -0.05) is 36.2 Å². The first-order valence-electron chi connectivity index (χ1n) is 15.6. The van der Waals surface area contributed by atoms with Crippen LogP contribution >= 0.6 is 0 Å². The number of carbonyl (C=O) groups excluding carboxylic acids is 2. The van der Waals surface area contributed by atoms with Gasteiger partial charge < -0.3 is 24.8 Å². The van der Waals surface area contributed by atoms with Crippen molar-refractivity contribution in [1.29, 1.82) is 0 Å². The van der Waals surface area contributed by atoms with Gasteiger partial charge in [-0.3, -0.25) is 9.59 Å². The van der Waals surface area contributed by atoms with Crippen molar-refractivity contribution in [2.45, 2.75) is 64.2 Å². The normalized spacial score (nSPS) is 17.9. The van der Waals surface area contributed by atoms with E-state index in [0.717, 1.165) is 70.3 Å². The first kappa shape index (κ1) is 30.7. The van der Waals surface area contributed by atoms with Gasteiger partial charge in [-0.05, 0) is 87.5 Å². The maximum Gasteiger partial charge on any atom is 0.226 e. The summed E-state index contributed by atoms with van der Waals surface area (Å²) in [7, 11) is 0. The summed E-state index contributed by atoms with van der Waals surface area (Å²) in [6, 6.07) is 14.1. The molecule has 5 rings (SSSR count). The van der Waals surface area contributed by atoms with Crippen molar-refractivity contribution >= 4 is 11.8 Å². The minimum atomic E-state index is -0.327. The number of piperidine rings is 1. The van der Waals surface area contributed by atoms with Crippen LogP contribution < -0.4 is 15.4 Å². The molecule has 2 amide bonds. The molecule has 0 radical (unpaired) electrons. The minimum absolute atomic E-state index is 0.00858. The monoisotopic (exact) mass is 591 g/mol. The summed E-state index contributed by atoms with van der Waals surface area (Å²) in [5.41, 5.74) is 1.60. The fraction of sp³-hybridized carbons (Fsp3) is 0.515. The van der Waals surface area contributed by atoms with E-state index < -0.39 is 0 Å². The molecule has 1 spiro atoms. The van der Waals surface area contributed by atoms with Crippen molar-refractivity contribution in [3.63, 3.8) is 0 Å². The summed E-state index contributed by atoms with van der Waals surface area (Å²) in [6.45, 7) is 4.01. The summed E-state index contributed by atoms with van der Waals surface area (Å²) in [4.78, 5) is 32.5. The average molecular weight is 592 g/mol. The maximum absolute atomic E-state index is 13.4. The van der Waals surface area contributed by atoms with Crippen LogP contribution in [0.5, 0.6) is 5.75 Å². The molecule has 43 heavy (non-hydrogen) atoms. The van der Waals surface area contributed by atoms with E-state index in [1.54, 1.807) is 12.1 Å². The van der Waals surface area contributed by atoms with Gasteiger partial charge in [0, 0.05) is 31.5 Å². The quantitative estimate of drug-likeness (QED) is 0.391. The minimum Gasteiger partial charge on any atom is -0.491 e. The molecule has 1 fully saturated rings. The molecule has 9 nitrogen and oxygen atoms in total. The van der Waals surface area contributed by atoms with Gasteiger partial charge in [-0.15, -0.1) is 0 Å². The summed E-state index contributed by atoms with van der Waals surface area (Å²) >= 11 is 0. The zero-order valence-corrected chi connectivity index (χ0v) is 24.8. The van der Waals surface area contributed by atoms with Crippen molar-refractivity contribution in [3.05, 3.63) is 65.8 Å². The molecule has 230 valence electrons. The molecule has 1 saturated heterocycles. The number of likely N-dealkylation sites (tertiary alicyclic amines) is 1. The molecule has 2 aromatic carbocycles. The molecule has 2 aliphatic heterocycles. The summed E-state index contributed by atoms with van der Waals surface area (Å²) in [5.74, 6) is 1.62. The van der Waals surface area contributed by atoms with Crippen LogP contribution in [0.4, 0.5) is 4.39 Å². The molecule has 0 bridgehead atoms. The number of fused-ring (bicyclic) bond motifs is 1. The van der Waals surface area contributed by atoms with Crippen molar-refractivity contribution in [1.82, 2.24) is 25.7 Å². The molecule has 0 aliphatic carbocycles. The van der Waals surface area contributed by atoms with E-state index in [4.69, 9.17) is 9.26 Å². The molecule has 1 aromatic heterocycles. The number of hydrogen-bond acceptors (Lipinski definition) is 7. The molecular formula is C33H42FN5O4. The van der Waals surface area contributed by atoms with Crippen molar-refractivity contribution < 1.29 is 23.2 Å². The predicted molar refractivity (Wildman–Crippen MR) is 161 cm³/mol. The highest BCUT2D eigenvalue weighted by atomic mass is 19.1. The number of para-hydroxylation sites is 1. The van der Waals surface area contributed by atoms with E-state index >= 15 is 0 Å². The van der Waals surface area contributed by atoms with Crippen molar-refractivity contribution in [2.24, 2.45) is 5.41 Å². The smallest absolute Gasteiger partial charge is 0.226 e. The highest BCUT2D eigenvalue weighted by Gasteiger charge is 2.40. The molecule has 3 aromatic rings. The van der Waals surface area contributed by atoms with Crippen LogP contribution in [0.3, 0.4) is 0 Å². The Morgan fingerprint density at radius 2 is 1.86 bits per heavy atom. The van der Waals surface area contributed by atoms with Crippen LogP contribution in [0.2, 0.25) is 0 Å². The van der Waals surface area contributed by atoms with E-state index in [1.807, 2.05) is 12.1 Å². The Bertz CT molecular complexity index is 1340. The van der Waals surface area contributed by atoms with Crippen LogP contribution in [0, 0.1) is 11.2 Å². The maximum atomic E-state index is 13.4. The molecule has 2 aliphatic rings. The van der Waals surface area contributed by atoms with E-state index in [0.29, 0.717) is 56.2 Å². The number of halogens is 1. The number of amides is 2. The number of hydrogen-bond donors (Lipinski definition) is 2. The van der Waals surface area contributed by atoms with Crippen LogP contribution in [0.15, 0.2) is 53.1 Å². The Balaban J connectivity index is 1.00. The van der Waals surface area contributed by atoms with Crippen LogP contribution in [-0.4, -0.2) is 66.2 Å². The van der Waals surface area contributed by atoms with E-state index in [9.17, 15) is 14.0 Å². The lowest BCUT2D eigenvalue weighted by molar-refractivity contribution is -0.134. The van der Waals surface area contributed by atoms with Crippen molar-refractivity contribution in [2.75, 3.05) is 39.3 Å². The van der Waals surface area contributed by atoms with Gasteiger partial charge in [0.25, 0.3) is 0 Å². The molecule has 3 heterocycles. The van der Waals surface area contributed by atoms with Crippen LogP contribution in [0.25, 0.3) is 11.4 Å². The van der Waals surface area contributed by atoms with Gasteiger partial charge in [-0.25, -0.2) is 4.39 Å². The lowest BCUT2D eigenvalue weighted by Gasteiger charge is -2.41. The van der Waals surface area contributed by atoms with Gasteiger partial charge in [0.1, 0.15) is 18.2 Å². The van der Waals surface area contributed by atoms with Crippen molar-refractivity contribution in [3.8, 4) is 17.1 Å². The number of aryl methyl sites for hydroxylation is 2. The average Bonchev–Trinajstić information content (AvgIpc) is 3.49. The molecule has 0 unspecified atom stereocenters. The van der Waals surface area contributed by atoms with Gasteiger partial charge in [0.2, 0.25) is 23.5 Å². The number of benzene rings is 2. The lowest BCUT2D eigenvalue weighted by Crippen LogP contribution is -2.50. The van der Waals surface area contributed by atoms with E-state index in [2.05, 4.69) is 37.8 Å². The number of carbonyl (C=O) groups is 2. The third-order valence-electron chi connectivity index (χ3n) is 8.63. The highest BCUT2D eigenvalue weighted by molar-refractivity contribution is 5.82. The molecule has 10 heteroatoms. The second kappa shape index (κ2) is 15.1. The lowest BCUT2D eigenvalue weighted by atomic mass is 9.73. The van der Waals surface area contributed by atoms with Gasteiger partial charge in [0.05, 0.1) is 12.0 Å². The molecule has 0 atom stereocenters. The van der Waals surface area contributed by atoms with Gasteiger partial charge in [-0.2, -0.15) is 4.98 Å². The number of aromatic nitrogens is 2. The second-order valence-electron chi connectivity index (χ2n) is 11.6. The largest absolute Gasteiger partial charge is 0.491 e. The summed E-state index contributed by atoms with van der Waals surface area (Å²) < 4.78 is 24.4. The third-order valence-corrected chi connectivity index (χ3v) is 8.63. The third kappa shape index (κ3) is 8.63. The molecule has 2 N–H and O–H groups in total. The van der Waals surface area contributed by atoms with Crippen LogP contribution in [-0.2, 0) is 22.4 Å². The summed E-state index contributed by atoms with van der Waals surface area (Å²) in [6.07, 6.45) is 8.27. The Morgan fingerprint density at radius 3 is 2.70 bits per heavy atom. The second-order valence-corrected chi connectivity index (χ2v) is 11.6. The molecular weight excluding hydrogens is 549 g/mol. The van der Waals surface area contributed by atoms with E-state index in [-0.39, 0.29) is 23.0 Å². The zero-order valence-electron chi connectivity index (χ0n) is 24.8. The first-order chi connectivity index (χ1) is 21.0.